The molecule has 0 fully saturated rings. The van der Waals surface area contributed by atoms with Gasteiger partial charge in [0, 0.05) is 5.41 Å². The fourth-order valence-electron chi connectivity index (χ4n) is 3.72. The summed E-state index contributed by atoms with van der Waals surface area (Å²) in [6.45, 7) is 10.9. The molecular weight excluding hydrogens is 208 g/mol. The molecule has 2 aliphatic carbocycles. The first-order valence-corrected chi connectivity index (χ1v) is 7.00. The second kappa shape index (κ2) is 3.96. The van der Waals surface area contributed by atoms with E-state index < -0.39 is 0 Å². The zero-order valence-corrected chi connectivity index (χ0v) is 12.0. The minimum absolute atomic E-state index is 0.118. The molecule has 17 heavy (non-hydrogen) atoms. The monoisotopic (exact) mass is 234 g/mol. The number of carbonyl (C=O) groups is 1. The van der Waals surface area contributed by atoms with Crippen LogP contribution < -0.4 is 0 Å². The van der Waals surface area contributed by atoms with E-state index in [9.17, 15) is 4.79 Å². The number of rotatable bonds is 1. The van der Waals surface area contributed by atoms with E-state index in [0.29, 0.717) is 17.1 Å². The smallest absolute Gasteiger partial charge is 0.136 e. The summed E-state index contributed by atoms with van der Waals surface area (Å²) < 4.78 is 0. The van der Waals surface area contributed by atoms with Gasteiger partial charge in [0.25, 0.3) is 0 Å². The molecule has 0 aromatic rings. The van der Waals surface area contributed by atoms with E-state index in [2.05, 4.69) is 27.7 Å². The molecule has 0 heterocycles. The molecule has 0 saturated heterocycles. The maximum Gasteiger partial charge on any atom is 0.136 e. The number of ketones is 1. The van der Waals surface area contributed by atoms with Gasteiger partial charge in [0.05, 0.1) is 0 Å². The van der Waals surface area contributed by atoms with E-state index in [1.807, 2.05) is 0 Å². The van der Waals surface area contributed by atoms with Crippen molar-refractivity contribution >= 4 is 5.78 Å². The van der Waals surface area contributed by atoms with E-state index in [1.165, 1.54) is 19.3 Å². The molecule has 0 spiro atoms. The highest BCUT2D eigenvalue weighted by Crippen LogP contribution is 2.53. The van der Waals surface area contributed by atoms with Crippen molar-refractivity contribution in [2.75, 3.05) is 0 Å². The Morgan fingerprint density at radius 3 is 2.53 bits per heavy atom. The largest absolute Gasteiger partial charge is 0.299 e. The lowest BCUT2D eigenvalue weighted by Gasteiger charge is -2.47. The van der Waals surface area contributed by atoms with Crippen molar-refractivity contribution in [3.05, 3.63) is 11.1 Å². The lowest BCUT2D eigenvalue weighted by atomic mass is 9.57. The van der Waals surface area contributed by atoms with Gasteiger partial charge >= 0.3 is 0 Å². The van der Waals surface area contributed by atoms with E-state index in [0.717, 1.165) is 12.8 Å². The van der Waals surface area contributed by atoms with E-state index >= 15 is 0 Å². The molecule has 2 rings (SSSR count). The first-order chi connectivity index (χ1) is 7.77. The first-order valence-electron chi connectivity index (χ1n) is 7.00. The summed E-state index contributed by atoms with van der Waals surface area (Å²) in [7, 11) is 0. The van der Waals surface area contributed by atoms with Gasteiger partial charge in [-0.25, -0.2) is 0 Å². The highest BCUT2D eigenvalue weighted by molar-refractivity contribution is 5.83. The number of hydrogen-bond donors (Lipinski definition) is 0. The number of carbonyl (C=O) groups excluding carboxylic acids is 1. The van der Waals surface area contributed by atoms with Crippen molar-refractivity contribution in [2.45, 2.75) is 66.7 Å². The fraction of sp³-hybridized carbons (Fsp3) is 0.812. The molecule has 1 heteroatoms. The van der Waals surface area contributed by atoms with Crippen molar-refractivity contribution in [1.29, 1.82) is 0 Å². The Hall–Kier alpha value is -0.590. The molecule has 0 N–H and O–H groups in total. The maximum absolute atomic E-state index is 12.0. The van der Waals surface area contributed by atoms with E-state index in [-0.39, 0.29) is 5.41 Å². The van der Waals surface area contributed by atoms with Crippen LogP contribution in [-0.4, -0.2) is 5.78 Å². The van der Waals surface area contributed by atoms with Gasteiger partial charge in [0.1, 0.15) is 5.78 Å². The third-order valence-electron chi connectivity index (χ3n) is 5.51. The van der Waals surface area contributed by atoms with E-state index in [4.69, 9.17) is 0 Å². The fourth-order valence-corrected chi connectivity index (χ4v) is 3.72. The van der Waals surface area contributed by atoms with Crippen LogP contribution >= 0.6 is 0 Å². The third-order valence-corrected chi connectivity index (χ3v) is 5.51. The van der Waals surface area contributed by atoms with Crippen LogP contribution in [0.5, 0.6) is 0 Å². The summed E-state index contributed by atoms with van der Waals surface area (Å²) in [5.74, 6) is 0.880. The summed E-state index contributed by atoms with van der Waals surface area (Å²) in [4.78, 5) is 12.0. The Morgan fingerprint density at radius 2 is 1.94 bits per heavy atom. The molecule has 0 aromatic carbocycles. The third kappa shape index (κ3) is 1.98. The quantitative estimate of drug-likeness (QED) is 0.610. The molecule has 2 atom stereocenters. The van der Waals surface area contributed by atoms with Gasteiger partial charge < -0.3 is 0 Å². The highest BCUT2D eigenvalue weighted by atomic mass is 16.1. The Balaban J connectivity index is 2.40. The van der Waals surface area contributed by atoms with Gasteiger partial charge in [-0.1, -0.05) is 38.8 Å². The number of hydrogen-bond acceptors (Lipinski definition) is 1. The molecule has 1 unspecified atom stereocenters. The molecule has 0 radical (unpaired) electrons. The lowest BCUT2D eigenvalue weighted by Crippen LogP contribution is -2.40. The average molecular weight is 234 g/mol. The summed E-state index contributed by atoms with van der Waals surface area (Å²) in [5, 5.41) is 0. The average Bonchev–Trinajstić information content (AvgIpc) is 2.21. The van der Waals surface area contributed by atoms with Crippen LogP contribution in [0.25, 0.3) is 0 Å². The van der Waals surface area contributed by atoms with Gasteiger partial charge in [-0.05, 0) is 50.4 Å². The second-order valence-electron chi connectivity index (χ2n) is 7.08. The van der Waals surface area contributed by atoms with Crippen molar-refractivity contribution in [2.24, 2.45) is 16.7 Å². The minimum Gasteiger partial charge on any atom is -0.299 e. The van der Waals surface area contributed by atoms with Crippen molar-refractivity contribution in [1.82, 2.24) is 0 Å². The van der Waals surface area contributed by atoms with Gasteiger partial charge in [0.15, 0.2) is 0 Å². The Labute approximate surface area is 106 Å². The topological polar surface area (TPSA) is 17.1 Å². The van der Waals surface area contributed by atoms with Crippen LogP contribution in [0.2, 0.25) is 0 Å². The van der Waals surface area contributed by atoms with Crippen LogP contribution in [0.4, 0.5) is 0 Å². The molecule has 0 aromatic heterocycles. The molecule has 0 saturated carbocycles. The van der Waals surface area contributed by atoms with Crippen LogP contribution in [0.1, 0.15) is 66.7 Å². The molecule has 96 valence electrons. The number of allylic oxidation sites excluding steroid dienone is 2. The molecule has 0 aliphatic heterocycles. The zero-order chi connectivity index (χ0) is 12.8. The van der Waals surface area contributed by atoms with E-state index in [1.54, 1.807) is 18.1 Å². The second-order valence-corrected chi connectivity index (χ2v) is 7.08. The van der Waals surface area contributed by atoms with Crippen molar-refractivity contribution in [3.8, 4) is 0 Å². The molecule has 0 amide bonds. The molecule has 0 bridgehead atoms. The predicted molar refractivity (Wildman–Crippen MR) is 71.8 cm³/mol. The Kier molecular flexibility index (Phi) is 3.00. The van der Waals surface area contributed by atoms with Crippen molar-refractivity contribution in [3.63, 3.8) is 0 Å². The van der Waals surface area contributed by atoms with Crippen LogP contribution in [0.3, 0.4) is 0 Å². The highest BCUT2D eigenvalue weighted by Gasteiger charge is 2.45. The van der Waals surface area contributed by atoms with Crippen LogP contribution in [-0.2, 0) is 4.79 Å². The summed E-state index contributed by atoms with van der Waals surface area (Å²) in [6, 6.07) is 0. The first kappa shape index (κ1) is 12.9. The zero-order valence-electron chi connectivity index (χ0n) is 12.0. The maximum atomic E-state index is 12.0. The Morgan fingerprint density at radius 1 is 1.29 bits per heavy atom. The Bertz CT molecular complexity index is 375. The van der Waals surface area contributed by atoms with Crippen LogP contribution in [0, 0.1) is 16.7 Å². The normalized spacial score (nSPS) is 36.6. The summed E-state index contributed by atoms with van der Waals surface area (Å²) in [6.07, 6.45) is 6.04. The number of Topliss-reactive ketones (excluding diaryl/α,β-unsaturated/α-hetero) is 1. The van der Waals surface area contributed by atoms with Gasteiger partial charge in [-0.2, -0.15) is 0 Å². The van der Waals surface area contributed by atoms with Gasteiger partial charge in [-0.15, -0.1) is 0 Å². The molecular formula is C16H26O. The van der Waals surface area contributed by atoms with Crippen molar-refractivity contribution < 1.29 is 4.79 Å². The molecule has 2 aliphatic rings. The van der Waals surface area contributed by atoms with Gasteiger partial charge in [-0.3, -0.25) is 4.79 Å². The minimum atomic E-state index is -0.118. The van der Waals surface area contributed by atoms with Crippen LogP contribution in [0.15, 0.2) is 11.1 Å². The summed E-state index contributed by atoms with van der Waals surface area (Å²) in [5.41, 5.74) is 3.49. The standard InChI is InChI=1S/C16H26O/c1-11-9-13-7-6-8-15(3,4)14(13)10-16(11,5)12(2)17/h11H,6-10H2,1-5H3/t11?,16-/m1/s1. The summed E-state index contributed by atoms with van der Waals surface area (Å²) >= 11 is 0. The lowest BCUT2D eigenvalue weighted by molar-refractivity contribution is -0.128. The van der Waals surface area contributed by atoms with Gasteiger partial charge in [0.2, 0.25) is 0 Å². The predicted octanol–water partition coefficient (Wildman–Crippen LogP) is 4.52. The molecule has 1 nitrogen and oxygen atoms in total. The SMILES string of the molecule is CC(=O)[C@]1(C)CC2=C(CCCC2(C)C)CC1C.